The van der Waals surface area contributed by atoms with Crippen molar-refractivity contribution in [3.63, 3.8) is 0 Å². The molecule has 0 radical (unpaired) electrons. The lowest BCUT2D eigenvalue weighted by molar-refractivity contribution is 0.536. The Morgan fingerprint density at radius 2 is 2.27 bits per heavy atom. The Kier molecular flexibility index (Phi) is 3.11. The zero-order chi connectivity index (χ0) is 8.27. The van der Waals surface area contributed by atoms with Gasteiger partial charge in [-0.1, -0.05) is 23.2 Å². The fourth-order valence-electron chi connectivity index (χ4n) is 0.782. The first-order valence-corrected chi connectivity index (χ1v) is 4.71. The summed E-state index contributed by atoms with van der Waals surface area (Å²) in [4.78, 5) is 0.785. The molecule has 2 nitrogen and oxygen atoms in total. The van der Waals surface area contributed by atoms with Gasteiger partial charge in [0.2, 0.25) is 0 Å². The zero-order valence-electron chi connectivity index (χ0n) is 5.69. The standard InChI is InChI=1S/C7H8O2S2/c8-11(9)5-6-2-1-3-7(10)4-6/h1-4,10H,5H2,(H,8,9)/p-1. The van der Waals surface area contributed by atoms with Crippen LogP contribution in [0.3, 0.4) is 0 Å². The molecule has 0 heterocycles. The highest BCUT2D eigenvalue weighted by atomic mass is 32.2. The van der Waals surface area contributed by atoms with Gasteiger partial charge in [-0.15, -0.1) is 12.6 Å². The summed E-state index contributed by atoms with van der Waals surface area (Å²) in [6.45, 7) is 0. The number of benzene rings is 1. The van der Waals surface area contributed by atoms with E-state index < -0.39 is 11.1 Å². The highest BCUT2D eigenvalue weighted by Gasteiger charge is 1.91. The summed E-state index contributed by atoms with van der Waals surface area (Å²) in [6, 6.07) is 7.08. The van der Waals surface area contributed by atoms with Crippen LogP contribution in [0.2, 0.25) is 0 Å². The van der Waals surface area contributed by atoms with E-state index in [9.17, 15) is 8.76 Å². The Morgan fingerprint density at radius 3 is 2.82 bits per heavy atom. The van der Waals surface area contributed by atoms with Gasteiger partial charge in [-0.2, -0.15) is 0 Å². The molecule has 0 saturated carbocycles. The molecule has 1 aromatic rings. The van der Waals surface area contributed by atoms with Gasteiger partial charge >= 0.3 is 0 Å². The lowest BCUT2D eigenvalue weighted by atomic mass is 10.2. The van der Waals surface area contributed by atoms with Crippen LogP contribution < -0.4 is 0 Å². The van der Waals surface area contributed by atoms with Crippen LogP contribution in [0.4, 0.5) is 0 Å². The van der Waals surface area contributed by atoms with Crippen LogP contribution in [0.15, 0.2) is 29.2 Å². The second kappa shape index (κ2) is 3.90. The molecule has 1 unspecified atom stereocenters. The first-order chi connectivity index (χ1) is 5.18. The molecule has 0 aliphatic rings. The van der Waals surface area contributed by atoms with Crippen LogP contribution in [-0.4, -0.2) is 8.76 Å². The van der Waals surface area contributed by atoms with Crippen molar-refractivity contribution in [2.75, 3.05) is 0 Å². The lowest BCUT2D eigenvalue weighted by Gasteiger charge is -2.04. The Morgan fingerprint density at radius 1 is 1.55 bits per heavy atom. The second-order valence-electron chi connectivity index (χ2n) is 2.12. The average molecular weight is 187 g/mol. The van der Waals surface area contributed by atoms with E-state index in [1.807, 2.05) is 0 Å². The van der Waals surface area contributed by atoms with Gasteiger partial charge in [0.1, 0.15) is 0 Å². The van der Waals surface area contributed by atoms with Gasteiger partial charge in [0.05, 0.1) is 0 Å². The number of hydrogen-bond acceptors (Lipinski definition) is 3. The SMILES string of the molecule is O=S([O-])Cc1cccc(S)c1. The van der Waals surface area contributed by atoms with Gasteiger partial charge < -0.3 is 4.55 Å². The molecule has 0 fully saturated rings. The molecule has 11 heavy (non-hydrogen) atoms. The van der Waals surface area contributed by atoms with Gasteiger partial charge in [-0.05, 0) is 17.7 Å². The normalized spacial score (nSPS) is 12.9. The minimum absolute atomic E-state index is 0.0639. The molecule has 0 amide bonds. The van der Waals surface area contributed by atoms with Crippen molar-refractivity contribution < 1.29 is 8.76 Å². The zero-order valence-corrected chi connectivity index (χ0v) is 7.40. The van der Waals surface area contributed by atoms with Crippen LogP contribution in [0.1, 0.15) is 5.56 Å². The molecule has 60 valence electrons. The maximum Gasteiger partial charge on any atom is 0.0353 e. The molecule has 0 spiro atoms. The van der Waals surface area contributed by atoms with E-state index in [1.165, 1.54) is 0 Å². The molecule has 0 saturated heterocycles. The van der Waals surface area contributed by atoms with Crippen LogP contribution in [0.5, 0.6) is 0 Å². The van der Waals surface area contributed by atoms with Gasteiger partial charge in [-0.3, -0.25) is 4.21 Å². The summed E-state index contributed by atoms with van der Waals surface area (Å²) in [5, 5.41) is 0. The van der Waals surface area contributed by atoms with E-state index in [4.69, 9.17) is 0 Å². The Hall–Kier alpha value is -0.320. The Balaban J connectivity index is 2.79. The molecular weight excluding hydrogens is 180 g/mol. The van der Waals surface area contributed by atoms with E-state index in [0.29, 0.717) is 0 Å². The predicted octanol–water partition coefficient (Wildman–Crippen LogP) is 1.35. The minimum atomic E-state index is -2.01. The van der Waals surface area contributed by atoms with Gasteiger partial charge in [-0.25, -0.2) is 0 Å². The topological polar surface area (TPSA) is 40.1 Å². The molecule has 0 bridgehead atoms. The number of rotatable bonds is 2. The van der Waals surface area contributed by atoms with Crippen LogP contribution in [0, 0.1) is 0 Å². The molecular formula is C7H7O2S2-. The van der Waals surface area contributed by atoms with Gasteiger partial charge in [0, 0.05) is 10.6 Å². The average Bonchev–Trinajstić information content (AvgIpc) is 1.85. The van der Waals surface area contributed by atoms with Gasteiger partial charge in [0.15, 0.2) is 0 Å². The first-order valence-electron chi connectivity index (χ1n) is 3.02. The second-order valence-corrected chi connectivity index (χ2v) is 3.53. The molecule has 1 rings (SSSR count). The molecule has 1 atom stereocenters. The fraction of sp³-hybridized carbons (Fsp3) is 0.143. The maximum atomic E-state index is 10.3. The minimum Gasteiger partial charge on any atom is -0.772 e. The molecule has 0 N–H and O–H groups in total. The number of hydrogen-bond donors (Lipinski definition) is 1. The van der Waals surface area contributed by atoms with Crippen molar-refractivity contribution in [3.8, 4) is 0 Å². The summed E-state index contributed by atoms with van der Waals surface area (Å²) in [5.74, 6) is 0.0639. The van der Waals surface area contributed by atoms with Crippen LogP contribution in [0.25, 0.3) is 0 Å². The lowest BCUT2D eigenvalue weighted by Crippen LogP contribution is -1.92. The van der Waals surface area contributed by atoms with E-state index in [1.54, 1.807) is 24.3 Å². The molecule has 0 aliphatic carbocycles. The van der Waals surface area contributed by atoms with Crippen molar-refractivity contribution >= 4 is 23.7 Å². The summed E-state index contributed by atoms with van der Waals surface area (Å²) in [5.41, 5.74) is 0.769. The van der Waals surface area contributed by atoms with Crippen LogP contribution >= 0.6 is 12.6 Å². The monoisotopic (exact) mass is 187 g/mol. The molecule has 0 aromatic heterocycles. The smallest absolute Gasteiger partial charge is 0.0353 e. The van der Waals surface area contributed by atoms with E-state index in [-0.39, 0.29) is 5.75 Å². The molecule has 1 aromatic carbocycles. The number of thiol groups is 1. The third-order valence-electron chi connectivity index (χ3n) is 1.20. The van der Waals surface area contributed by atoms with Crippen molar-refractivity contribution in [1.29, 1.82) is 0 Å². The molecule has 0 aliphatic heterocycles. The van der Waals surface area contributed by atoms with Crippen molar-refractivity contribution in [3.05, 3.63) is 29.8 Å². The van der Waals surface area contributed by atoms with Crippen molar-refractivity contribution in [2.45, 2.75) is 10.6 Å². The maximum absolute atomic E-state index is 10.3. The van der Waals surface area contributed by atoms with E-state index >= 15 is 0 Å². The summed E-state index contributed by atoms with van der Waals surface area (Å²) >= 11 is 2.07. The Bertz CT molecular complexity index is 273. The highest BCUT2D eigenvalue weighted by Crippen LogP contribution is 2.09. The predicted molar refractivity (Wildman–Crippen MR) is 46.3 cm³/mol. The van der Waals surface area contributed by atoms with Crippen molar-refractivity contribution in [1.82, 2.24) is 0 Å². The summed E-state index contributed by atoms with van der Waals surface area (Å²) in [6.07, 6.45) is 0. The Labute approximate surface area is 73.3 Å². The largest absolute Gasteiger partial charge is 0.772 e. The third kappa shape index (κ3) is 3.05. The van der Waals surface area contributed by atoms with E-state index in [2.05, 4.69) is 12.6 Å². The summed E-state index contributed by atoms with van der Waals surface area (Å²) < 4.78 is 20.5. The highest BCUT2D eigenvalue weighted by molar-refractivity contribution is 7.80. The quantitative estimate of drug-likeness (QED) is 0.561. The fourth-order valence-corrected chi connectivity index (χ4v) is 1.49. The van der Waals surface area contributed by atoms with Crippen LogP contribution in [-0.2, 0) is 16.8 Å². The third-order valence-corrected chi connectivity index (χ3v) is 2.04. The van der Waals surface area contributed by atoms with Gasteiger partial charge in [0.25, 0.3) is 0 Å². The van der Waals surface area contributed by atoms with Crippen molar-refractivity contribution in [2.24, 2.45) is 0 Å². The first kappa shape index (κ1) is 8.77. The molecule has 4 heteroatoms. The van der Waals surface area contributed by atoms with E-state index in [0.717, 1.165) is 10.5 Å². The summed E-state index contributed by atoms with van der Waals surface area (Å²) in [7, 11) is 0.